The second kappa shape index (κ2) is 8.90. The molecule has 0 aliphatic carbocycles. The molecule has 5 nitrogen and oxygen atoms in total. The van der Waals surface area contributed by atoms with E-state index in [1.165, 1.54) is 11.3 Å². The van der Waals surface area contributed by atoms with Gasteiger partial charge in [0, 0.05) is 0 Å². The van der Waals surface area contributed by atoms with Crippen molar-refractivity contribution in [2.45, 2.75) is 23.7 Å². The van der Waals surface area contributed by atoms with E-state index in [-0.39, 0.29) is 4.90 Å². The third-order valence-corrected chi connectivity index (χ3v) is 7.17. The summed E-state index contributed by atoms with van der Waals surface area (Å²) >= 11 is 2.99. The van der Waals surface area contributed by atoms with Crippen molar-refractivity contribution in [3.63, 3.8) is 0 Å². The Morgan fingerprint density at radius 1 is 1.17 bits per heavy atom. The highest BCUT2D eigenvalue weighted by molar-refractivity contribution is 7.98. The average Bonchev–Trinajstić information content (AvgIpc) is 3.08. The van der Waals surface area contributed by atoms with Gasteiger partial charge in [-0.05, 0) is 54.8 Å². The van der Waals surface area contributed by atoms with Crippen LogP contribution in [0.25, 0.3) is 10.2 Å². The van der Waals surface area contributed by atoms with Gasteiger partial charge in [0.2, 0.25) is 10.0 Å². The molecule has 3 rings (SSSR count). The molecule has 0 saturated heterocycles. The summed E-state index contributed by atoms with van der Waals surface area (Å²) in [6.45, 7) is 0. The summed E-state index contributed by atoms with van der Waals surface area (Å²) in [4.78, 5) is 4.38. The van der Waals surface area contributed by atoms with Crippen LogP contribution in [0.2, 0.25) is 0 Å². The highest BCUT2D eigenvalue weighted by Gasteiger charge is 2.31. The lowest BCUT2D eigenvalue weighted by molar-refractivity contribution is -0.274. The summed E-state index contributed by atoms with van der Waals surface area (Å²) in [7, 11) is -3.97. The highest BCUT2D eigenvalue weighted by atomic mass is 32.2. The highest BCUT2D eigenvalue weighted by Crippen LogP contribution is 2.30. The number of benzene rings is 2. The maximum atomic E-state index is 12.8. The van der Waals surface area contributed by atoms with Crippen LogP contribution in [-0.4, -0.2) is 31.8 Å². The number of rotatable bonds is 8. The second-order valence-corrected chi connectivity index (χ2v) is 9.76. The Morgan fingerprint density at radius 3 is 2.48 bits per heavy atom. The van der Waals surface area contributed by atoms with Crippen LogP contribution in [0.4, 0.5) is 13.2 Å². The Hall–Kier alpha value is -1.82. The second-order valence-electron chi connectivity index (χ2n) is 5.99. The van der Waals surface area contributed by atoms with E-state index in [4.69, 9.17) is 0 Å². The van der Waals surface area contributed by atoms with Crippen LogP contribution in [0.3, 0.4) is 0 Å². The monoisotopic (exact) mass is 462 g/mol. The lowest BCUT2D eigenvalue weighted by atomic mass is 10.2. The minimum absolute atomic E-state index is 0.151. The van der Waals surface area contributed by atoms with Crippen molar-refractivity contribution in [1.82, 2.24) is 9.71 Å². The summed E-state index contributed by atoms with van der Waals surface area (Å²) in [5.41, 5.74) is 0.787. The van der Waals surface area contributed by atoms with E-state index in [9.17, 15) is 21.6 Å². The first-order valence-corrected chi connectivity index (χ1v) is 12.1. The molecule has 3 aromatic rings. The summed E-state index contributed by atoms with van der Waals surface area (Å²) in [6.07, 6.45) is -2.40. The van der Waals surface area contributed by atoms with Crippen molar-refractivity contribution >= 4 is 43.3 Å². The van der Waals surface area contributed by atoms with Crippen molar-refractivity contribution in [3.8, 4) is 5.75 Å². The normalized spacial score (nSPS) is 13.5. The lowest BCUT2D eigenvalue weighted by Gasteiger charge is -2.16. The summed E-state index contributed by atoms with van der Waals surface area (Å²) in [6, 6.07) is 11.1. The van der Waals surface area contributed by atoms with E-state index in [0.717, 1.165) is 34.5 Å². The van der Waals surface area contributed by atoms with E-state index >= 15 is 0 Å². The van der Waals surface area contributed by atoms with Gasteiger partial charge in [0.25, 0.3) is 0 Å². The zero-order valence-electron chi connectivity index (χ0n) is 15.1. The van der Waals surface area contributed by atoms with Crippen LogP contribution in [-0.2, 0) is 10.0 Å². The number of thiazole rings is 1. The Bertz CT molecular complexity index is 1030. The number of halogens is 3. The molecular weight excluding hydrogens is 445 g/mol. The molecule has 0 fully saturated rings. The van der Waals surface area contributed by atoms with Gasteiger partial charge in [-0.15, -0.1) is 24.5 Å². The number of thioether (sulfide) groups is 1. The predicted molar refractivity (Wildman–Crippen MR) is 109 cm³/mol. The molecule has 0 amide bonds. The van der Waals surface area contributed by atoms with E-state index in [0.29, 0.717) is 17.2 Å². The largest absolute Gasteiger partial charge is 0.573 e. The van der Waals surface area contributed by atoms with Crippen LogP contribution in [0.1, 0.15) is 17.5 Å². The van der Waals surface area contributed by atoms with Gasteiger partial charge in [0.1, 0.15) is 10.8 Å². The van der Waals surface area contributed by atoms with Gasteiger partial charge in [0.05, 0.1) is 21.2 Å². The molecule has 0 radical (unpaired) electrons. The van der Waals surface area contributed by atoms with Crippen molar-refractivity contribution in [3.05, 3.63) is 53.5 Å². The van der Waals surface area contributed by atoms with E-state index in [2.05, 4.69) is 14.4 Å². The zero-order chi connectivity index (χ0) is 21.1. The number of para-hydroxylation sites is 1. The van der Waals surface area contributed by atoms with Gasteiger partial charge in [-0.25, -0.2) is 18.1 Å². The first kappa shape index (κ1) is 21.9. The van der Waals surface area contributed by atoms with Crippen LogP contribution < -0.4 is 9.46 Å². The molecule has 1 atom stereocenters. The van der Waals surface area contributed by atoms with Crippen LogP contribution >= 0.6 is 23.1 Å². The predicted octanol–water partition coefficient (Wildman–Crippen LogP) is 4.97. The molecule has 0 aliphatic heterocycles. The Morgan fingerprint density at radius 2 is 1.86 bits per heavy atom. The Kier molecular flexibility index (Phi) is 6.72. The molecule has 0 unspecified atom stereocenters. The van der Waals surface area contributed by atoms with Crippen molar-refractivity contribution in [2.75, 3.05) is 12.0 Å². The minimum atomic E-state index is -4.84. The van der Waals surface area contributed by atoms with Crippen LogP contribution in [0, 0.1) is 0 Å². The van der Waals surface area contributed by atoms with Crippen molar-refractivity contribution in [2.24, 2.45) is 0 Å². The standard InChI is InChI=1S/C18H17F3N2O3S3/c1-27-11-10-15(17-22-14-4-2-3-5-16(14)28-17)23-29(24,25)13-8-6-12(7-9-13)26-18(19,20)21/h2-9,15,23H,10-11H2,1H3/t15-/m0/s1. The fourth-order valence-electron chi connectivity index (χ4n) is 2.58. The fourth-order valence-corrected chi connectivity index (χ4v) is 5.42. The summed E-state index contributed by atoms with van der Waals surface area (Å²) in [5.74, 6) is 0.225. The quantitative estimate of drug-likeness (QED) is 0.512. The molecule has 11 heteroatoms. The number of aromatic nitrogens is 1. The Balaban J connectivity index is 1.84. The van der Waals surface area contributed by atoms with E-state index in [1.807, 2.05) is 30.5 Å². The Labute approximate surface area is 174 Å². The molecule has 156 valence electrons. The number of hydrogen-bond donors (Lipinski definition) is 1. The zero-order valence-corrected chi connectivity index (χ0v) is 17.6. The van der Waals surface area contributed by atoms with Gasteiger partial charge < -0.3 is 4.74 Å². The van der Waals surface area contributed by atoms with Gasteiger partial charge in [-0.2, -0.15) is 11.8 Å². The maximum Gasteiger partial charge on any atom is 0.573 e. The molecule has 29 heavy (non-hydrogen) atoms. The molecule has 1 aromatic heterocycles. The molecule has 1 heterocycles. The number of sulfonamides is 1. The minimum Gasteiger partial charge on any atom is -0.406 e. The molecule has 0 aliphatic rings. The molecule has 1 N–H and O–H groups in total. The lowest BCUT2D eigenvalue weighted by Crippen LogP contribution is -2.29. The number of hydrogen-bond acceptors (Lipinski definition) is 6. The van der Waals surface area contributed by atoms with Crippen LogP contribution in [0.5, 0.6) is 5.75 Å². The smallest absolute Gasteiger partial charge is 0.406 e. The van der Waals surface area contributed by atoms with Gasteiger partial charge in [-0.3, -0.25) is 0 Å². The molecule has 0 spiro atoms. The molecule has 0 saturated carbocycles. The summed E-state index contributed by atoms with van der Waals surface area (Å²) < 4.78 is 69.8. The molecule has 0 bridgehead atoms. The first-order valence-electron chi connectivity index (χ1n) is 8.40. The van der Waals surface area contributed by atoms with Crippen molar-refractivity contribution < 1.29 is 26.3 Å². The SMILES string of the molecule is CSCC[C@H](NS(=O)(=O)c1ccc(OC(F)(F)F)cc1)c1nc2ccccc2s1. The van der Waals surface area contributed by atoms with E-state index < -0.39 is 28.2 Å². The first-order chi connectivity index (χ1) is 13.7. The third kappa shape index (κ3) is 5.84. The number of ether oxygens (including phenoxy) is 1. The third-order valence-electron chi connectivity index (χ3n) is 3.88. The number of fused-ring (bicyclic) bond motifs is 1. The van der Waals surface area contributed by atoms with Crippen molar-refractivity contribution in [1.29, 1.82) is 0 Å². The number of nitrogens with zero attached hydrogens (tertiary/aromatic N) is 1. The fraction of sp³-hybridized carbons (Fsp3) is 0.278. The molecule has 2 aromatic carbocycles. The van der Waals surface area contributed by atoms with Gasteiger partial charge in [0.15, 0.2) is 0 Å². The molecular formula is C18H17F3N2O3S3. The summed E-state index contributed by atoms with van der Waals surface area (Å²) in [5, 5.41) is 0.640. The number of alkyl halides is 3. The van der Waals surface area contributed by atoms with Gasteiger partial charge >= 0.3 is 6.36 Å². The van der Waals surface area contributed by atoms with Gasteiger partial charge in [-0.1, -0.05) is 12.1 Å². The number of nitrogens with one attached hydrogen (secondary N) is 1. The maximum absolute atomic E-state index is 12.8. The van der Waals surface area contributed by atoms with Crippen LogP contribution in [0.15, 0.2) is 53.4 Å². The topological polar surface area (TPSA) is 68.3 Å². The average molecular weight is 463 g/mol. The van der Waals surface area contributed by atoms with E-state index in [1.54, 1.807) is 11.8 Å².